The first kappa shape index (κ1) is 10.6. The van der Waals surface area contributed by atoms with Gasteiger partial charge in [-0.05, 0) is 12.1 Å². The molecule has 0 saturated heterocycles. The van der Waals surface area contributed by atoms with Gasteiger partial charge in [-0.2, -0.15) is 0 Å². The van der Waals surface area contributed by atoms with Crippen LogP contribution in [0.25, 0.3) is 4.85 Å². The van der Waals surface area contributed by atoms with Gasteiger partial charge < -0.3 is 4.85 Å². The van der Waals surface area contributed by atoms with E-state index >= 15 is 0 Å². The summed E-state index contributed by atoms with van der Waals surface area (Å²) in [7, 11) is 0. The Morgan fingerprint density at radius 3 is 2.64 bits per heavy atom. The Morgan fingerprint density at radius 2 is 2.14 bits per heavy atom. The number of halogens is 2. The third kappa shape index (κ3) is 1.87. The Kier molecular flexibility index (Phi) is 2.80. The fourth-order valence-electron chi connectivity index (χ4n) is 1.02. The van der Waals surface area contributed by atoms with E-state index in [2.05, 4.69) is 9.83 Å². The van der Waals surface area contributed by atoms with Crippen molar-refractivity contribution in [3.63, 3.8) is 0 Å². The number of rotatable bonds is 2. The van der Waals surface area contributed by atoms with E-state index in [1.807, 2.05) is 0 Å². The van der Waals surface area contributed by atoms with Gasteiger partial charge in [-0.1, -0.05) is 20.4 Å². The second kappa shape index (κ2) is 3.70. The quantitative estimate of drug-likeness (QED) is 0.663. The lowest BCUT2D eigenvalue weighted by Crippen LogP contribution is -2.20. The van der Waals surface area contributed by atoms with Gasteiger partial charge in [0.15, 0.2) is 0 Å². The Hall–Kier alpha value is -1.50. The minimum atomic E-state index is -2.90. The number of nitrogens with zero attached hydrogens (tertiary/aromatic N) is 2. The van der Waals surface area contributed by atoms with Crippen molar-refractivity contribution in [2.45, 2.75) is 19.8 Å². The Balaban J connectivity index is 3.14. The summed E-state index contributed by atoms with van der Waals surface area (Å²) in [5.41, 5.74) is -0.145. The molecule has 2 nitrogen and oxygen atoms in total. The molecule has 4 heteroatoms. The van der Waals surface area contributed by atoms with Crippen LogP contribution in [0, 0.1) is 12.5 Å². The molecule has 0 bridgehead atoms. The van der Waals surface area contributed by atoms with Crippen molar-refractivity contribution in [2.24, 2.45) is 5.92 Å². The highest BCUT2D eigenvalue weighted by atomic mass is 19.3. The average molecular weight is 196 g/mol. The molecular weight excluding hydrogens is 186 g/mol. The van der Waals surface area contributed by atoms with Crippen molar-refractivity contribution in [1.82, 2.24) is 4.98 Å². The van der Waals surface area contributed by atoms with E-state index in [9.17, 15) is 8.78 Å². The number of aromatic nitrogens is 1. The van der Waals surface area contributed by atoms with Gasteiger partial charge in [-0.3, -0.25) is 0 Å². The third-order valence-corrected chi connectivity index (χ3v) is 1.97. The molecule has 0 aliphatic heterocycles. The van der Waals surface area contributed by atoms with Crippen LogP contribution in [0.15, 0.2) is 18.3 Å². The van der Waals surface area contributed by atoms with Crippen LogP contribution in [-0.2, 0) is 5.92 Å². The standard InChI is InChI=1S/C10H10F2N2/c1-7(2)10(11,12)8-4-5-14-9(6-8)13-3/h4-7H,1-2H3. The summed E-state index contributed by atoms with van der Waals surface area (Å²) in [6.45, 7) is 9.55. The Morgan fingerprint density at radius 1 is 1.50 bits per heavy atom. The van der Waals surface area contributed by atoms with E-state index in [1.54, 1.807) is 0 Å². The second-order valence-electron chi connectivity index (χ2n) is 3.29. The lowest BCUT2D eigenvalue weighted by Gasteiger charge is -2.20. The largest absolute Gasteiger partial charge is 0.361 e. The maximum absolute atomic E-state index is 13.5. The van der Waals surface area contributed by atoms with E-state index in [0.29, 0.717) is 0 Å². The summed E-state index contributed by atoms with van der Waals surface area (Å²) in [6.07, 6.45) is 1.24. The number of alkyl halides is 2. The zero-order chi connectivity index (χ0) is 10.8. The first-order valence-electron chi connectivity index (χ1n) is 4.20. The Labute approximate surface area is 81.4 Å². The number of hydrogen-bond donors (Lipinski definition) is 0. The third-order valence-electron chi connectivity index (χ3n) is 1.97. The predicted molar refractivity (Wildman–Crippen MR) is 49.2 cm³/mol. The molecule has 0 spiro atoms. The summed E-state index contributed by atoms with van der Waals surface area (Å²) < 4.78 is 26.9. The van der Waals surface area contributed by atoms with E-state index in [-0.39, 0.29) is 11.4 Å². The average Bonchev–Trinajstić information content (AvgIpc) is 2.17. The summed E-state index contributed by atoms with van der Waals surface area (Å²) in [5.74, 6) is -3.69. The highest BCUT2D eigenvalue weighted by molar-refractivity contribution is 5.39. The van der Waals surface area contributed by atoms with Gasteiger partial charge in [0.2, 0.25) is 0 Å². The van der Waals surface area contributed by atoms with Crippen molar-refractivity contribution in [3.8, 4) is 0 Å². The maximum Gasteiger partial charge on any atom is 0.274 e. The molecule has 0 amide bonds. The normalized spacial score (nSPS) is 11.4. The van der Waals surface area contributed by atoms with Gasteiger partial charge in [0.05, 0.1) is 0 Å². The molecule has 1 rings (SSSR count). The van der Waals surface area contributed by atoms with E-state index in [4.69, 9.17) is 6.57 Å². The van der Waals surface area contributed by atoms with Gasteiger partial charge >= 0.3 is 0 Å². The highest BCUT2D eigenvalue weighted by Gasteiger charge is 2.35. The molecule has 0 radical (unpaired) electrons. The zero-order valence-electron chi connectivity index (χ0n) is 7.96. The van der Waals surface area contributed by atoms with E-state index < -0.39 is 11.8 Å². The van der Waals surface area contributed by atoms with E-state index in [0.717, 1.165) is 6.07 Å². The molecule has 0 atom stereocenters. The van der Waals surface area contributed by atoms with Crippen LogP contribution in [0.1, 0.15) is 19.4 Å². The zero-order valence-corrected chi connectivity index (χ0v) is 7.96. The molecule has 1 aromatic heterocycles. The summed E-state index contributed by atoms with van der Waals surface area (Å²) in [5, 5.41) is 0. The molecular formula is C10H10F2N2. The molecule has 14 heavy (non-hydrogen) atoms. The smallest absolute Gasteiger partial charge is 0.274 e. The molecule has 1 aromatic rings. The van der Waals surface area contributed by atoms with Crippen LogP contribution in [0.2, 0.25) is 0 Å². The molecule has 0 aliphatic rings. The van der Waals surface area contributed by atoms with Crippen molar-refractivity contribution < 1.29 is 8.78 Å². The predicted octanol–water partition coefficient (Wildman–Crippen LogP) is 3.38. The van der Waals surface area contributed by atoms with Gasteiger partial charge in [-0.15, -0.1) is 4.98 Å². The van der Waals surface area contributed by atoms with Crippen LogP contribution >= 0.6 is 0 Å². The molecule has 0 saturated carbocycles. The fourth-order valence-corrected chi connectivity index (χ4v) is 1.02. The minimum absolute atomic E-state index is 0.00262. The Bertz CT molecular complexity index is 367. The first-order chi connectivity index (χ1) is 6.48. The van der Waals surface area contributed by atoms with Crippen LogP contribution < -0.4 is 0 Å². The molecule has 0 aliphatic carbocycles. The monoisotopic (exact) mass is 196 g/mol. The van der Waals surface area contributed by atoms with E-state index in [1.165, 1.54) is 26.1 Å². The lowest BCUT2D eigenvalue weighted by molar-refractivity contribution is -0.0513. The van der Waals surface area contributed by atoms with Crippen LogP contribution in [0.3, 0.4) is 0 Å². The van der Waals surface area contributed by atoms with Crippen molar-refractivity contribution in [3.05, 3.63) is 35.3 Å². The SMILES string of the molecule is [C-]#[N+]c1cc(C(F)(F)C(C)C)ccn1. The molecule has 0 N–H and O–H groups in total. The molecule has 1 heterocycles. The summed E-state index contributed by atoms with van der Waals surface area (Å²) >= 11 is 0. The number of pyridine rings is 1. The van der Waals surface area contributed by atoms with Crippen molar-refractivity contribution in [2.75, 3.05) is 0 Å². The highest BCUT2D eigenvalue weighted by Crippen LogP contribution is 2.36. The molecule has 0 fully saturated rings. The molecule has 0 aromatic carbocycles. The van der Waals surface area contributed by atoms with Gasteiger partial charge in [-0.25, -0.2) is 8.78 Å². The van der Waals surface area contributed by atoms with Crippen molar-refractivity contribution in [1.29, 1.82) is 0 Å². The summed E-state index contributed by atoms with van der Waals surface area (Å²) in [4.78, 5) is 6.65. The molecule has 74 valence electrons. The van der Waals surface area contributed by atoms with Gasteiger partial charge in [0.1, 0.15) is 6.20 Å². The minimum Gasteiger partial charge on any atom is -0.361 e. The number of hydrogen-bond acceptors (Lipinski definition) is 1. The molecule has 0 unspecified atom stereocenters. The summed E-state index contributed by atoms with van der Waals surface area (Å²) in [6, 6.07) is 2.38. The topological polar surface area (TPSA) is 17.2 Å². The van der Waals surface area contributed by atoms with Gasteiger partial charge in [0, 0.05) is 11.5 Å². The van der Waals surface area contributed by atoms with Crippen LogP contribution in [-0.4, -0.2) is 4.98 Å². The first-order valence-corrected chi connectivity index (χ1v) is 4.20. The van der Waals surface area contributed by atoms with Crippen molar-refractivity contribution >= 4 is 5.82 Å². The maximum atomic E-state index is 13.5. The fraction of sp³-hybridized carbons (Fsp3) is 0.400. The second-order valence-corrected chi connectivity index (χ2v) is 3.29. The lowest BCUT2D eigenvalue weighted by atomic mass is 9.99. The van der Waals surface area contributed by atoms with Crippen LogP contribution in [0.5, 0.6) is 0 Å². The van der Waals surface area contributed by atoms with Gasteiger partial charge in [0.25, 0.3) is 11.7 Å². The van der Waals surface area contributed by atoms with Crippen LogP contribution in [0.4, 0.5) is 14.6 Å².